The van der Waals surface area contributed by atoms with Crippen molar-refractivity contribution in [2.45, 2.75) is 26.8 Å². The maximum atomic E-state index is 4.12. The monoisotopic (exact) mass is 93.1 g/mol. The van der Waals surface area contributed by atoms with Gasteiger partial charge in [0.25, 0.3) is 0 Å². The van der Waals surface area contributed by atoms with Crippen LogP contribution < -0.4 is 18.9 Å². The molecule has 0 aromatic carbocycles. The molecule has 0 N–H and O–H groups in total. The van der Waals surface area contributed by atoms with Gasteiger partial charge in [0.05, 0.1) is 0 Å². The van der Waals surface area contributed by atoms with Crippen LogP contribution in [-0.4, -0.2) is 12.6 Å². The van der Waals surface area contributed by atoms with Gasteiger partial charge in [-0.15, -0.1) is 6.04 Å². The van der Waals surface area contributed by atoms with Crippen molar-refractivity contribution in [3.63, 3.8) is 0 Å². The van der Waals surface area contributed by atoms with E-state index in [2.05, 4.69) is 26.1 Å². The van der Waals surface area contributed by atoms with Gasteiger partial charge in [-0.2, -0.15) is 6.54 Å². The molecule has 0 heterocycles. The molecule has 0 atom stereocenters. The van der Waals surface area contributed by atoms with Crippen molar-refractivity contribution in [3.8, 4) is 0 Å². The van der Waals surface area contributed by atoms with Gasteiger partial charge in [-0.25, -0.2) is 0 Å². The van der Waals surface area contributed by atoms with Crippen LogP contribution in [0.1, 0.15) is 20.8 Å². The molecule has 0 saturated carbocycles. The first-order chi connectivity index (χ1) is 2.77. The Morgan fingerprint density at radius 2 is 1.86 bits per heavy atom. The van der Waals surface area contributed by atoms with Gasteiger partial charge in [-0.3, -0.25) is 0 Å². The summed E-state index contributed by atoms with van der Waals surface area (Å²) >= 11 is 0. The molecule has 0 unspecified atom stereocenters. The fraction of sp³-hybridized carbons (Fsp3) is 1.00. The molecule has 1 nitrogen and oxygen atoms in total. The molecular weight excluding hydrogens is 81.0 g/mol. The molecule has 2 heteroatoms. The Hall–Kier alpha value is 0.557. The zero-order valence-corrected chi connectivity index (χ0v) is 5.73. The third-order valence-corrected chi connectivity index (χ3v) is 0.548. The SMILES string of the molecule is CC[N-]C(C)C.[Li+]. The Morgan fingerprint density at radius 3 is 1.86 bits per heavy atom. The normalized spacial score (nSPS) is 8.57. The number of hydrogen-bond acceptors (Lipinski definition) is 0. The topological polar surface area (TPSA) is 14.1 Å². The van der Waals surface area contributed by atoms with Gasteiger partial charge in [0.2, 0.25) is 0 Å². The zero-order valence-electron chi connectivity index (χ0n) is 5.73. The summed E-state index contributed by atoms with van der Waals surface area (Å²) in [5.74, 6) is 0. The van der Waals surface area contributed by atoms with Crippen LogP contribution in [0.4, 0.5) is 0 Å². The zero-order chi connectivity index (χ0) is 4.99. The minimum Gasteiger partial charge on any atom is -0.660 e. The van der Waals surface area contributed by atoms with Gasteiger partial charge < -0.3 is 5.32 Å². The molecule has 0 amide bonds. The molecule has 0 aliphatic rings. The van der Waals surface area contributed by atoms with Crippen LogP contribution in [0, 0.1) is 0 Å². The summed E-state index contributed by atoms with van der Waals surface area (Å²) in [6.45, 7) is 7.19. The van der Waals surface area contributed by atoms with Crippen LogP contribution in [-0.2, 0) is 0 Å². The third kappa shape index (κ3) is 10.8. The molecule has 0 aromatic rings. The Morgan fingerprint density at radius 1 is 1.43 bits per heavy atom. The molecule has 0 aliphatic carbocycles. The first-order valence-electron chi connectivity index (χ1n) is 2.44. The number of nitrogens with zero attached hydrogens (tertiary/aromatic N) is 1. The van der Waals surface area contributed by atoms with E-state index in [1.807, 2.05) is 0 Å². The summed E-state index contributed by atoms with van der Waals surface area (Å²) in [5.41, 5.74) is 0. The van der Waals surface area contributed by atoms with E-state index in [-0.39, 0.29) is 18.9 Å². The second kappa shape index (κ2) is 6.56. The molecule has 7 heavy (non-hydrogen) atoms. The standard InChI is InChI=1S/C5H12N.Li/c1-4-6-5(2)3;/h5H,4H2,1-3H3;/q-1;+1. The third-order valence-electron chi connectivity index (χ3n) is 0.548. The smallest absolute Gasteiger partial charge is 0.660 e. The van der Waals surface area contributed by atoms with Crippen molar-refractivity contribution in [1.82, 2.24) is 0 Å². The van der Waals surface area contributed by atoms with E-state index in [0.717, 1.165) is 6.54 Å². The summed E-state index contributed by atoms with van der Waals surface area (Å²) in [7, 11) is 0. The van der Waals surface area contributed by atoms with Crippen LogP contribution in [0.25, 0.3) is 5.32 Å². The Bertz CT molecular complexity index is 29.3. The van der Waals surface area contributed by atoms with Crippen molar-refractivity contribution in [1.29, 1.82) is 0 Å². The predicted octanol–water partition coefficient (Wildman–Crippen LogP) is -1.21. The first kappa shape index (κ1) is 10.5. The Kier molecular flexibility index (Phi) is 9.86. The van der Waals surface area contributed by atoms with Crippen molar-refractivity contribution < 1.29 is 18.9 Å². The van der Waals surface area contributed by atoms with Crippen LogP contribution in [0.15, 0.2) is 0 Å². The summed E-state index contributed by atoms with van der Waals surface area (Å²) in [6.07, 6.45) is 0. The Labute approximate surface area is 58.0 Å². The average molecular weight is 93.1 g/mol. The fourth-order valence-electron chi connectivity index (χ4n) is 0.365. The molecule has 0 spiro atoms. The number of rotatable bonds is 2. The minimum absolute atomic E-state index is 0. The molecule has 38 valence electrons. The molecule has 0 saturated heterocycles. The minimum atomic E-state index is 0. The van der Waals surface area contributed by atoms with Crippen molar-refractivity contribution in [2.24, 2.45) is 0 Å². The van der Waals surface area contributed by atoms with Gasteiger partial charge in [0.1, 0.15) is 0 Å². The van der Waals surface area contributed by atoms with E-state index in [0.29, 0.717) is 6.04 Å². The van der Waals surface area contributed by atoms with E-state index in [1.165, 1.54) is 0 Å². The molecule has 0 aromatic heterocycles. The fourth-order valence-corrected chi connectivity index (χ4v) is 0.365. The van der Waals surface area contributed by atoms with E-state index in [9.17, 15) is 0 Å². The molecule has 0 rings (SSSR count). The van der Waals surface area contributed by atoms with E-state index >= 15 is 0 Å². The van der Waals surface area contributed by atoms with Crippen LogP contribution in [0.5, 0.6) is 0 Å². The molecule has 0 aliphatic heterocycles. The summed E-state index contributed by atoms with van der Waals surface area (Å²) in [6, 6.07) is 0.523. The van der Waals surface area contributed by atoms with E-state index in [4.69, 9.17) is 0 Å². The predicted molar refractivity (Wildman–Crippen MR) is 29.0 cm³/mol. The van der Waals surface area contributed by atoms with Crippen molar-refractivity contribution >= 4 is 0 Å². The van der Waals surface area contributed by atoms with Gasteiger partial charge in [-0.05, 0) is 0 Å². The molecular formula is C5H12LiN. The molecule has 0 fully saturated rings. The summed E-state index contributed by atoms with van der Waals surface area (Å²) in [4.78, 5) is 0. The van der Waals surface area contributed by atoms with Gasteiger partial charge in [-0.1, -0.05) is 20.8 Å². The second-order valence-electron chi connectivity index (χ2n) is 1.59. The van der Waals surface area contributed by atoms with Crippen molar-refractivity contribution in [2.75, 3.05) is 6.54 Å². The quantitative estimate of drug-likeness (QED) is 0.380. The summed E-state index contributed by atoms with van der Waals surface area (Å²) < 4.78 is 0. The van der Waals surface area contributed by atoms with E-state index < -0.39 is 0 Å². The summed E-state index contributed by atoms with van der Waals surface area (Å²) in [5, 5.41) is 4.12. The maximum absolute atomic E-state index is 4.12. The van der Waals surface area contributed by atoms with E-state index in [1.54, 1.807) is 0 Å². The number of hydrogen-bond donors (Lipinski definition) is 0. The molecule has 0 radical (unpaired) electrons. The van der Waals surface area contributed by atoms with Crippen LogP contribution in [0.2, 0.25) is 0 Å². The second-order valence-corrected chi connectivity index (χ2v) is 1.59. The van der Waals surface area contributed by atoms with Crippen LogP contribution in [0.3, 0.4) is 0 Å². The van der Waals surface area contributed by atoms with Crippen molar-refractivity contribution in [3.05, 3.63) is 5.32 Å². The van der Waals surface area contributed by atoms with Crippen LogP contribution >= 0.6 is 0 Å². The largest absolute Gasteiger partial charge is 1.00 e. The molecule has 0 bridgehead atoms. The first-order valence-corrected chi connectivity index (χ1v) is 2.44. The Balaban J connectivity index is 0. The maximum Gasteiger partial charge on any atom is 1.00 e. The average Bonchev–Trinajstić information content (AvgIpc) is 1.35. The van der Waals surface area contributed by atoms with Gasteiger partial charge in [0.15, 0.2) is 0 Å². The van der Waals surface area contributed by atoms with Gasteiger partial charge in [0, 0.05) is 0 Å². The van der Waals surface area contributed by atoms with Gasteiger partial charge >= 0.3 is 18.9 Å².